The molecule has 2 saturated heterocycles. The van der Waals surface area contributed by atoms with E-state index in [0.717, 1.165) is 30.5 Å². The summed E-state index contributed by atoms with van der Waals surface area (Å²) < 4.78 is 47.9. The van der Waals surface area contributed by atoms with E-state index in [4.69, 9.17) is 11.6 Å². The minimum atomic E-state index is -1.48. The summed E-state index contributed by atoms with van der Waals surface area (Å²) in [4.78, 5) is 35.2. The molecule has 2 atom stereocenters. The Morgan fingerprint density at radius 2 is 1.88 bits per heavy atom. The van der Waals surface area contributed by atoms with Crippen LogP contribution in [0.25, 0.3) is 0 Å². The second-order valence-electron chi connectivity index (χ2n) is 11.2. The standard InChI is InChI=1S/C28H29ClF3N7O2/c1-28(17-6-4-7-18(29)22(17)31)14-39(25-19(30)13-37(3)35-25)26(40)16-10-33-24(23(32)21(16)28)34-15-11-38(12-15)20-8-5-9-36(2)27(20)41/h4,6-7,10,13,15,20H,5,8-9,11-12,14H2,1-3H3,(H,33,34)/t20-,28-/m1/s1. The van der Waals surface area contributed by atoms with Gasteiger partial charge in [-0.1, -0.05) is 23.7 Å². The first-order valence-electron chi connectivity index (χ1n) is 13.4. The van der Waals surface area contributed by atoms with E-state index in [1.165, 1.54) is 30.1 Å². The molecule has 0 spiro atoms. The van der Waals surface area contributed by atoms with Gasteiger partial charge >= 0.3 is 0 Å². The monoisotopic (exact) mass is 587 g/mol. The van der Waals surface area contributed by atoms with Crippen LogP contribution in [0.1, 0.15) is 41.3 Å². The number of benzene rings is 1. The number of hydrogen-bond donors (Lipinski definition) is 1. The SMILES string of the molecule is CN1CCC[C@@H](N2CC(Nc3ncc4c(c3F)[C@@](C)(c3cccc(Cl)c3F)CN(c3nn(C)cc3F)C4=O)C2)C1=O. The van der Waals surface area contributed by atoms with Gasteiger partial charge in [0.1, 0.15) is 5.82 Å². The summed E-state index contributed by atoms with van der Waals surface area (Å²) in [5, 5.41) is 7.02. The van der Waals surface area contributed by atoms with Gasteiger partial charge in [0.2, 0.25) is 5.91 Å². The molecule has 5 heterocycles. The number of piperidine rings is 1. The predicted octanol–water partition coefficient (Wildman–Crippen LogP) is 3.57. The Morgan fingerprint density at radius 1 is 1.12 bits per heavy atom. The van der Waals surface area contributed by atoms with Crippen LogP contribution in [0.2, 0.25) is 5.02 Å². The van der Waals surface area contributed by atoms with E-state index in [-0.39, 0.29) is 57.9 Å². The van der Waals surface area contributed by atoms with E-state index >= 15 is 8.78 Å². The molecule has 0 aliphatic carbocycles. The number of rotatable bonds is 5. The number of likely N-dealkylation sites (N-methyl/N-ethyl adjacent to an activating group) is 1. The number of carbonyl (C=O) groups excluding carboxylic acids is 2. The zero-order chi connectivity index (χ0) is 29.2. The van der Waals surface area contributed by atoms with Gasteiger partial charge in [0.15, 0.2) is 23.3 Å². The number of hydrogen-bond acceptors (Lipinski definition) is 6. The van der Waals surface area contributed by atoms with Crippen LogP contribution < -0.4 is 10.2 Å². The zero-order valence-electron chi connectivity index (χ0n) is 22.8. The molecule has 1 N–H and O–H groups in total. The number of aromatic nitrogens is 3. The van der Waals surface area contributed by atoms with Crippen molar-refractivity contribution in [2.75, 3.05) is 43.4 Å². The van der Waals surface area contributed by atoms with Crippen molar-refractivity contribution in [3.05, 3.63) is 69.8 Å². The molecule has 0 radical (unpaired) electrons. The van der Waals surface area contributed by atoms with Crippen molar-refractivity contribution in [2.24, 2.45) is 7.05 Å². The van der Waals surface area contributed by atoms with Crippen LogP contribution in [-0.2, 0) is 17.3 Å². The fourth-order valence-electron chi connectivity index (χ4n) is 6.25. The number of amides is 2. The molecule has 2 aromatic heterocycles. The van der Waals surface area contributed by atoms with Crippen LogP contribution in [-0.4, -0.2) is 81.7 Å². The van der Waals surface area contributed by atoms with Gasteiger partial charge in [0.25, 0.3) is 5.91 Å². The van der Waals surface area contributed by atoms with Crippen molar-refractivity contribution in [3.8, 4) is 0 Å². The van der Waals surface area contributed by atoms with Crippen LogP contribution in [0.4, 0.5) is 24.8 Å². The second kappa shape index (κ2) is 10.0. The van der Waals surface area contributed by atoms with E-state index in [2.05, 4.69) is 20.3 Å². The third kappa shape index (κ3) is 4.44. The smallest absolute Gasteiger partial charge is 0.261 e. The topological polar surface area (TPSA) is 86.6 Å². The minimum Gasteiger partial charge on any atom is -0.362 e. The molecule has 3 aromatic rings. The van der Waals surface area contributed by atoms with Crippen LogP contribution >= 0.6 is 11.6 Å². The van der Waals surface area contributed by atoms with Crippen LogP contribution in [0.15, 0.2) is 30.6 Å². The Bertz CT molecular complexity index is 1560. The van der Waals surface area contributed by atoms with Crippen molar-refractivity contribution in [1.82, 2.24) is 24.6 Å². The van der Waals surface area contributed by atoms with E-state index in [0.29, 0.717) is 13.1 Å². The minimum absolute atomic E-state index is 0.0471. The Balaban J connectivity index is 1.36. The predicted molar refractivity (Wildman–Crippen MR) is 147 cm³/mol. The molecule has 216 valence electrons. The van der Waals surface area contributed by atoms with Crippen LogP contribution in [0.3, 0.4) is 0 Å². The third-order valence-electron chi connectivity index (χ3n) is 8.41. The first kappa shape index (κ1) is 27.5. The summed E-state index contributed by atoms with van der Waals surface area (Å²) in [6, 6.07) is 4.02. The van der Waals surface area contributed by atoms with Crippen molar-refractivity contribution in [3.63, 3.8) is 0 Å². The largest absolute Gasteiger partial charge is 0.362 e. The lowest BCUT2D eigenvalue weighted by Crippen LogP contribution is -2.63. The molecule has 1 aromatic carbocycles. The van der Waals surface area contributed by atoms with Gasteiger partial charge in [0, 0.05) is 63.0 Å². The fraction of sp³-hybridized carbons (Fsp3) is 0.429. The molecule has 3 aliphatic rings. The lowest BCUT2D eigenvalue weighted by Gasteiger charge is -2.46. The van der Waals surface area contributed by atoms with Crippen molar-refractivity contribution in [1.29, 1.82) is 0 Å². The molecule has 41 heavy (non-hydrogen) atoms. The van der Waals surface area contributed by atoms with Crippen LogP contribution in [0, 0.1) is 17.5 Å². The van der Waals surface area contributed by atoms with Gasteiger partial charge < -0.3 is 10.2 Å². The molecular formula is C28H29ClF3N7O2. The molecule has 2 amide bonds. The van der Waals surface area contributed by atoms with Crippen LogP contribution in [0.5, 0.6) is 0 Å². The first-order chi connectivity index (χ1) is 19.5. The van der Waals surface area contributed by atoms with Gasteiger partial charge in [0.05, 0.1) is 28.9 Å². The van der Waals surface area contributed by atoms with Crippen molar-refractivity contribution in [2.45, 2.75) is 37.3 Å². The summed E-state index contributed by atoms with van der Waals surface area (Å²) in [5.74, 6) is -3.27. The molecule has 6 rings (SSSR count). The highest BCUT2D eigenvalue weighted by Gasteiger charge is 2.48. The normalized spacial score (nSPS) is 23.5. The summed E-state index contributed by atoms with van der Waals surface area (Å²) in [6.07, 6.45) is 4.05. The summed E-state index contributed by atoms with van der Waals surface area (Å²) >= 11 is 6.11. The van der Waals surface area contributed by atoms with Gasteiger partial charge in [-0.3, -0.25) is 24.1 Å². The zero-order valence-corrected chi connectivity index (χ0v) is 23.6. The molecule has 2 fully saturated rings. The third-order valence-corrected chi connectivity index (χ3v) is 8.70. The van der Waals surface area contributed by atoms with E-state index in [9.17, 15) is 14.0 Å². The number of fused-ring (bicyclic) bond motifs is 1. The maximum Gasteiger partial charge on any atom is 0.261 e. The summed E-state index contributed by atoms with van der Waals surface area (Å²) in [6.45, 7) is 3.08. The highest BCUT2D eigenvalue weighted by Crippen LogP contribution is 2.45. The molecule has 9 nitrogen and oxygen atoms in total. The summed E-state index contributed by atoms with van der Waals surface area (Å²) in [5.41, 5.74) is -1.62. The van der Waals surface area contributed by atoms with Crippen molar-refractivity contribution >= 4 is 35.1 Å². The number of halogens is 4. The Morgan fingerprint density at radius 3 is 2.59 bits per heavy atom. The lowest BCUT2D eigenvalue weighted by molar-refractivity contribution is -0.140. The number of nitrogens with zero attached hydrogens (tertiary/aromatic N) is 6. The maximum atomic E-state index is 16.4. The first-order valence-corrected chi connectivity index (χ1v) is 13.8. The summed E-state index contributed by atoms with van der Waals surface area (Å²) in [7, 11) is 3.30. The molecule has 13 heteroatoms. The Kier molecular flexibility index (Phi) is 6.73. The molecule has 3 aliphatic heterocycles. The van der Waals surface area contributed by atoms with Gasteiger partial charge in [-0.15, -0.1) is 0 Å². The Labute approximate surface area is 239 Å². The Hall–Kier alpha value is -3.64. The number of pyridine rings is 1. The highest BCUT2D eigenvalue weighted by atomic mass is 35.5. The highest BCUT2D eigenvalue weighted by molar-refractivity contribution is 6.30. The number of anilines is 2. The number of nitrogens with one attached hydrogen (secondary N) is 1. The van der Waals surface area contributed by atoms with Gasteiger partial charge in [-0.25, -0.2) is 18.2 Å². The fourth-order valence-corrected chi connectivity index (χ4v) is 6.43. The average molecular weight is 588 g/mol. The van der Waals surface area contributed by atoms with Gasteiger partial charge in [-0.2, -0.15) is 5.10 Å². The van der Waals surface area contributed by atoms with E-state index in [1.807, 2.05) is 0 Å². The molecular weight excluding hydrogens is 559 g/mol. The number of aryl methyl sites for hydroxylation is 1. The molecule has 0 saturated carbocycles. The second-order valence-corrected chi connectivity index (χ2v) is 11.6. The maximum absolute atomic E-state index is 16.4. The number of carbonyl (C=O) groups is 2. The van der Waals surface area contributed by atoms with Crippen molar-refractivity contribution < 1.29 is 22.8 Å². The van der Waals surface area contributed by atoms with E-state index < -0.39 is 28.8 Å². The molecule has 0 bridgehead atoms. The van der Waals surface area contributed by atoms with Gasteiger partial charge in [-0.05, 0) is 25.8 Å². The quantitative estimate of drug-likeness (QED) is 0.491. The number of likely N-dealkylation sites (tertiary alicyclic amines) is 2. The molecule has 0 unspecified atom stereocenters. The average Bonchev–Trinajstić information content (AvgIpc) is 3.25. The van der Waals surface area contributed by atoms with E-state index in [1.54, 1.807) is 24.9 Å². The lowest BCUT2D eigenvalue weighted by atomic mass is 9.71.